The second-order valence-electron chi connectivity index (χ2n) is 3.63. The number of hydrogen-bond acceptors (Lipinski definition) is 6. The molecule has 0 unspecified atom stereocenters. The number of aromatic hydroxyl groups is 1. The highest BCUT2D eigenvalue weighted by Crippen LogP contribution is 2.29. The van der Waals surface area contributed by atoms with Gasteiger partial charge in [-0.2, -0.15) is 10.2 Å². The van der Waals surface area contributed by atoms with Gasteiger partial charge >= 0.3 is 12.1 Å². The first-order valence-corrected chi connectivity index (χ1v) is 5.52. The number of phenols is 1. The van der Waals surface area contributed by atoms with E-state index in [1.807, 2.05) is 10.9 Å². The van der Waals surface area contributed by atoms with Crippen LogP contribution in [0.1, 0.15) is 11.1 Å². The highest BCUT2D eigenvalue weighted by atomic mass is 16.5. The number of carbonyl (C=O) groups excluding carboxylic acids is 2. The number of nitrogens with zero attached hydrogens (tertiary/aromatic N) is 2. The zero-order chi connectivity index (χ0) is 15.8. The third-order valence-corrected chi connectivity index (χ3v) is 2.11. The maximum absolute atomic E-state index is 10.5. The third-order valence-electron chi connectivity index (χ3n) is 2.11. The fourth-order valence-electron chi connectivity index (χ4n) is 1.32. The summed E-state index contributed by atoms with van der Waals surface area (Å²) in [5.41, 5.74) is 14.4. The van der Waals surface area contributed by atoms with E-state index >= 15 is 0 Å². The fourth-order valence-corrected chi connectivity index (χ4v) is 1.32. The molecule has 0 fully saturated rings. The van der Waals surface area contributed by atoms with E-state index in [-0.39, 0.29) is 17.1 Å². The topological polar surface area (TPSA) is 164 Å². The first-order chi connectivity index (χ1) is 9.93. The molecule has 21 heavy (non-hydrogen) atoms. The Labute approximate surface area is 119 Å². The first-order valence-electron chi connectivity index (χ1n) is 5.52. The molecule has 0 bridgehead atoms. The van der Waals surface area contributed by atoms with Crippen molar-refractivity contribution in [3.63, 3.8) is 0 Å². The van der Waals surface area contributed by atoms with Gasteiger partial charge in [-0.1, -0.05) is 0 Å². The van der Waals surface area contributed by atoms with Crippen molar-refractivity contribution in [1.29, 1.82) is 0 Å². The molecule has 0 radical (unpaired) electrons. The van der Waals surface area contributed by atoms with Crippen LogP contribution >= 0.6 is 0 Å². The number of hydrazone groups is 2. The van der Waals surface area contributed by atoms with Crippen molar-refractivity contribution in [2.75, 3.05) is 7.11 Å². The summed E-state index contributed by atoms with van der Waals surface area (Å²) in [5.74, 6) is -0.0360. The van der Waals surface area contributed by atoms with Gasteiger partial charge in [-0.05, 0) is 17.7 Å². The van der Waals surface area contributed by atoms with E-state index in [2.05, 4.69) is 10.2 Å². The zero-order valence-corrected chi connectivity index (χ0v) is 11.0. The molecule has 0 saturated heterocycles. The van der Waals surface area contributed by atoms with Crippen molar-refractivity contribution in [2.24, 2.45) is 21.7 Å². The number of methoxy groups -OCH3 is 1. The van der Waals surface area contributed by atoms with Gasteiger partial charge < -0.3 is 21.3 Å². The van der Waals surface area contributed by atoms with Crippen molar-refractivity contribution < 1.29 is 19.4 Å². The number of rotatable bonds is 5. The van der Waals surface area contributed by atoms with Crippen LogP contribution in [0.3, 0.4) is 0 Å². The molecule has 0 atom stereocenters. The number of nitrogens with one attached hydrogen (secondary N) is 2. The van der Waals surface area contributed by atoms with Gasteiger partial charge in [-0.25, -0.2) is 20.4 Å². The predicted octanol–water partition coefficient (Wildman–Crippen LogP) is -0.595. The van der Waals surface area contributed by atoms with Crippen LogP contribution < -0.4 is 27.1 Å². The van der Waals surface area contributed by atoms with Crippen molar-refractivity contribution in [2.45, 2.75) is 0 Å². The molecular weight excluding hydrogens is 280 g/mol. The van der Waals surface area contributed by atoms with E-state index in [9.17, 15) is 14.7 Å². The summed E-state index contributed by atoms with van der Waals surface area (Å²) in [7, 11) is 1.36. The van der Waals surface area contributed by atoms with Crippen molar-refractivity contribution in [3.05, 3.63) is 23.3 Å². The lowest BCUT2D eigenvalue weighted by atomic mass is 10.1. The summed E-state index contributed by atoms with van der Waals surface area (Å²) < 4.78 is 4.98. The molecule has 0 aromatic heterocycles. The summed E-state index contributed by atoms with van der Waals surface area (Å²) in [6.45, 7) is 0. The standard InChI is InChI=1S/C11H14N6O4/c1-21-8-3-6(4-14-16-10(12)19)2-7(9(8)18)5-15-17-11(13)20/h2-5,18H,1H3,(H3,12,16,19)(H3,13,17,20)/b14-4+,15-5-. The maximum Gasteiger partial charge on any atom is 0.332 e. The lowest BCUT2D eigenvalue weighted by Gasteiger charge is -2.07. The highest BCUT2D eigenvalue weighted by molar-refractivity contribution is 5.91. The van der Waals surface area contributed by atoms with E-state index in [4.69, 9.17) is 16.2 Å². The van der Waals surface area contributed by atoms with Gasteiger partial charge in [-0.15, -0.1) is 0 Å². The van der Waals surface area contributed by atoms with Gasteiger partial charge in [-0.3, -0.25) is 0 Å². The van der Waals surface area contributed by atoms with Gasteiger partial charge in [0, 0.05) is 5.56 Å². The number of phenolic OH excluding ortho intramolecular Hbond substituents is 1. The van der Waals surface area contributed by atoms with Crippen molar-refractivity contribution in [1.82, 2.24) is 10.9 Å². The van der Waals surface area contributed by atoms with Crippen LogP contribution in [-0.2, 0) is 0 Å². The van der Waals surface area contributed by atoms with Gasteiger partial charge in [0.25, 0.3) is 0 Å². The average molecular weight is 294 g/mol. The lowest BCUT2D eigenvalue weighted by Crippen LogP contribution is -2.24. The quantitative estimate of drug-likeness (QED) is 0.362. The Bertz CT molecular complexity index is 599. The molecule has 1 rings (SSSR count). The number of amides is 4. The van der Waals surface area contributed by atoms with Gasteiger partial charge in [0.1, 0.15) is 0 Å². The van der Waals surface area contributed by atoms with Crippen molar-refractivity contribution >= 4 is 24.5 Å². The number of urea groups is 2. The highest BCUT2D eigenvalue weighted by Gasteiger charge is 2.08. The van der Waals surface area contributed by atoms with E-state index < -0.39 is 12.1 Å². The van der Waals surface area contributed by atoms with Crippen molar-refractivity contribution in [3.8, 4) is 11.5 Å². The minimum absolute atomic E-state index is 0.151. The Balaban J connectivity index is 3.06. The number of ether oxygens (including phenoxy) is 1. The predicted molar refractivity (Wildman–Crippen MR) is 75.3 cm³/mol. The number of hydrogen-bond donors (Lipinski definition) is 5. The van der Waals surface area contributed by atoms with Crippen LogP contribution in [0.4, 0.5) is 9.59 Å². The van der Waals surface area contributed by atoms with E-state index in [0.717, 1.165) is 0 Å². The normalized spacial score (nSPS) is 10.7. The molecule has 4 amide bonds. The van der Waals surface area contributed by atoms with Gasteiger partial charge in [0.05, 0.1) is 19.5 Å². The Hall–Kier alpha value is -3.30. The van der Waals surface area contributed by atoms with E-state index in [1.54, 1.807) is 0 Å². The summed E-state index contributed by atoms with van der Waals surface area (Å²) in [6.07, 6.45) is 2.45. The number of primary amides is 2. The Morgan fingerprint density at radius 3 is 2.29 bits per heavy atom. The molecule has 0 heterocycles. The molecule has 7 N–H and O–H groups in total. The zero-order valence-electron chi connectivity index (χ0n) is 11.0. The number of benzene rings is 1. The van der Waals surface area contributed by atoms with Crippen LogP contribution in [0.15, 0.2) is 22.3 Å². The molecule has 10 heteroatoms. The summed E-state index contributed by atoms with van der Waals surface area (Å²) in [4.78, 5) is 21.0. The molecule has 0 aliphatic rings. The van der Waals surface area contributed by atoms with Gasteiger partial charge in [0.15, 0.2) is 11.5 Å². The monoisotopic (exact) mass is 294 g/mol. The van der Waals surface area contributed by atoms with Crippen LogP contribution in [0.25, 0.3) is 0 Å². The molecule has 0 spiro atoms. The minimum Gasteiger partial charge on any atom is -0.504 e. The Morgan fingerprint density at radius 2 is 1.76 bits per heavy atom. The molecule has 0 saturated carbocycles. The van der Waals surface area contributed by atoms with Gasteiger partial charge in [0.2, 0.25) is 0 Å². The number of nitrogens with two attached hydrogens (primary N) is 2. The molecule has 10 nitrogen and oxygen atoms in total. The maximum atomic E-state index is 10.5. The largest absolute Gasteiger partial charge is 0.504 e. The van der Waals surface area contributed by atoms with Crippen LogP contribution in [0.5, 0.6) is 11.5 Å². The summed E-state index contributed by atoms with van der Waals surface area (Å²) in [6, 6.07) is 1.29. The van der Waals surface area contributed by atoms with E-state index in [0.29, 0.717) is 5.56 Å². The average Bonchev–Trinajstić information content (AvgIpc) is 2.40. The molecule has 0 aliphatic carbocycles. The molecule has 0 aliphatic heterocycles. The Kier molecular flexibility index (Phi) is 5.50. The molecule has 1 aromatic carbocycles. The van der Waals surface area contributed by atoms with Crippen LogP contribution in [0.2, 0.25) is 0 Å². The second kappa shape index (κ2) is 7.33. The smallest absolute Gasteiger partial charge is 0.332 e. The molecule has 1 aromatic rings. The molecule has 112 valence electrons. The Morgan fingerprint density at radius 1 is 1.19 bits per heavy atom. The minimum atomic E-state index is -0.846. The lowest BCUT2D eigenvalue weighted by molar-refractivity contribution is 0.248. The van der Waals surface area contributed by atoms with Crippen LogP contribution in [0, 0.1) is 0 Å². The summed E-state index contributed by atoms with van der Waals surface area (Å²) in [5, 5.41) is 17.0. The van der Waals surface area contributed by atoms with Crippen LogP contribution in [-0.4, -0.2) is 36.7 Å². The molecular formula is C11H14N6O4. The van der Waals surface area contributed by atoms with E-state index in [1.165, 1.54) is 31.7 Å². The third kappa shape index (κ3) is 5.06. The second-order valence-corrected chi connectivity index (χ2v) is 3.63. The number of carbonyl (C=O) groups is 2. The first kappa shape index (κ1) is 15.8. The fraction of sp³-hybridized carbons (Fsp3) is 0.0909. The SMILES string of the molecule is COc1cc(/C=N/NC(N)=O)cc(/C=N\NC(N)=O)c1O. The summed E-state index contributed by atoms with van der Waals surface area (Å²) >= 11 is 0.